The van der Waals surface area contributed by atoms with E-state index in [0.29, 0.717) is 21.8 Å². The maximum Gasteiger partial charge on any atom is 0.211 e. The highest BCUT2D eigenvalue weighted by Crippen LogP contribution is 2.36. The number of phenols is 3. The Hall–Kier alpha value is -4.37. The van der Waals surface area contributed by atoms with Gasteiger partial charge in [0, 0.05) is 16.3 Å². The molecule has 0 fully saturated rings. The molecule has 0 saturated carbocycles. The molecule has 2 aromatic heterocycles. The lowest BCUT2D eigenvalue weighted by atomic mass is 10.2. The van der Waals surface area contributed by atoms with Gasteiger partial charge in [0.1, 0.15) is 22.8 Å². The van der Waals surface area contributed by atoms with E-state index in [4.69, 9.17) is 4.42 Å². The van der Waals surface area contributed by atoms with E-state index in [-0.39, 0.29) is 11.3 Å². The number of furan rings is 1. The van der Waals surface area contributed by atoms with Crippen molar-refractivity contribution in [3.05, 3.63) is 88.3 Å². The standard InChI is InChI=1S/C24H16FN3O4S/c25-16-6-2-3-7-17(16)27-24-28(26-12-15-9-10-19(29)23(31)22(15)30)18(13-33-24)21-11-14-5-1-4-8-20(14)32-21/h1-13,29-31H. The summed E-state index contributed by atoms with van der Waals surface area (Å²) >= 11 is 1.23. The summed E-state index contributed by atoms with van der Waals surface area (Å²) in [6.45, 7) is 0. The van der Waals surface area contributed by atoms with Crippen molar-refractivity contribution in [2.24, 2.45) is 10.1 Å². The SMILES string of the molecule is Oc1ccc(C=Nn2c(-c3cc4ccccc4o3)csc2=Nc2ccccc2F)c(O)c1O. The molecule has 5 aromatic rings. The third kappa shape index (κ3) is 3.85. The maximum atomic E-state index is 14.2. The fraction of sp³-hybridized carbons (Fsp3) is 0. The molecule has 0 bridgehead atoms. The van der Waals surface area contributed by atoms with Crippen molar-refractivity contribution in [2.75, 3.05) is 0 Å². The quantitative estimate of drug-likeness (QED) is 0.248. The van der Waals surface area contributed by atoms with Gasteiger partial charge in [-0.2, -0.15) is 5.10 Å². The van der Waals surface area contributed by atoms with E-state index >= 15 is 0 Å². The summed E-state index contributed by atoms with van der Waals surface area (Å²) in [6.07, 6.45) is 1.30. The minimum Gasteiger partial charge on any atom is -0.504 e. The molecule has 7 nitrogen and oxygen atoms in total. The number of phenolic OH excluding ortho intramolecular Hbond substituents is 3. The number of aromatic nitrogens is 1. The number of hydrogen-bond acceptors (Lipinski definition) is 7. The number of fused-ring (bicyclic) bond motifs is 1. The van der Waals surface area contributed by atoms with E-state index in [9.17, 15) is 19.7 Å². The molecular weight excluding hydrogens is 445 g/mol. The number of halogens is 1. The predicted molar refractivity (Wildman–Crippen MR) is 124 cm³/mol. The fourth-order valence-corrected chi connectivity index (χ4v) is 4.05. The van der Waals surface area contributed by atoms with Gasteiger partial charge in [0.25, 0.3) is 0 Å². The predicted octanol–water partition coefficient (Wildman–Crippen LogP) is 5.33. The van der Waals surface area contributed by atoms with Crippen molar-refractivity contribution >= 4 is 34.2 Å². The van der Waals surface area contributed by atoms with Crippen LogP contribution in [0.5, 0.6) is 17.2 Å². The van der Waals surface area contributed by atoms with Gasteiger partial charge >= 0.3 is 0 Å². The van der Waals surface area contributed by atoms with E-state index in [1.165, 1.54) is 40.4 Å². The number of para-hydroxylation sites is 2. The normalized spacial score (nSPS) is 12.2. The van der Waals surface area contributed by atoms with Gasteiger partial charge < -0.3 is 19.7 Å². The minimum absolute atomic E-state index is 0.143. The lowest BCUT2D eigenvalue weighted by molar-refractivity contribution is 0.367. The van der Waals surface area contributed by atoms with Gasteiger partial charge in [0.05, 0.1) is 6.21 Å². The van der Waals surface area contributed by atoms with Gasteiger partial charge in [-0.25, -0.2) is 14.1 Å². The Labute approximate surface area is 190 Å². The van der Waals surface area contributed by atoms with Crippen molar-refractivity contribution in [1.82, 2.24) is 4.68 Å². The Balaban J connectivity index is 1.69. The van der Waals surface area contributed by atoms with Gasteiger partial charge in [-0.15, -0.1) is 11.3 Å². The van der Waals surface area contributed by atoms with Gasteiger partial charge in [-0.05, 0) is 36.4 Å². The third-order valence-corrected chi connectivity index (χ3v) is 5.72. The van der Waals surface area contributed by atoms with Crippen LogP contribution in [0, 0.1) is 5.82 Å². The second kappa shape index (κ2) is 8.29. The average molecular weight is 461 g/mol. The Morgan fingerprint density at radius 3 is 2.55 bits per heavy atom. The van der Waals surface area contributed by atoms with E-state index < -0.39 is 23.1 Å². The maximum absolute atomic E-state index is 14.2. The zero-order chi connectivity index (χ0) is 22.9. The van der Waals surface area contributed by atoms with Crippen molar-refractivity contribution in [3.8, 4) is 28.7 Å². The first-order chi connectivity index (χ1) is 16.0. The van der Waals surface area contributed by atoms with Crippen molar-refractivity contribution in [1.29, 1.82) is 0 Å². The fourth-order valence-electron chi connectivity index (χ4n) is 3.22. The van der Waals surface area contributed by atoms with Crippen LogP contribution in [0.2, 0.25) is 0 Å². The molecule has 5 rings (SSSR count). The summed E-state index contributed by atoms with van der Waals surface area (Å²) in [5, 5.41) is 36.6. The van der Waals surface area contributed by atoms with Crippen molar-refractivity contribution in [3.63, 3.8) is 0 Å². The Morgan fingerprint density at radius 1 is 0.939 bits per heavy atom. The number of rotatable bonds is 4. The Bertz CT molecular complexity index is 1550. The number of hydrogen-bond donors (Lipinski definition) is 3. The highest BCUT2D eigenvalue weighted by Gasteiger charge is 2.14. The first-order valence-electron chi connectivity index (χ1n) is 9.78. The van der Waals surface area contributed by atoms with Crippen LogP contribution in [0.25, 0.3) is 22.4 Å². The first kappa shape index (κ1) is 20.5. The molecular formula is C24H16FN3O4S. The van der Waals surface area contributed by atoms with Crippen LogP contribution >= 0.6 is 11.3 Å². The topological polar surface area (TPSA) is 103 Å². The molecule has 0 aliphatic heterocycles. The second-order valence-corrected chi connectivity index (χ2v) is 7.88. The van der Waals surface area contributed by atoms with Crippen LogP contribution in [0.4, 0.5) is 10.1 Å². The summed E-state index contributed by atoms with van der Waals surface area (Å²) in [6, 6.07) is 18.2. The zero-order valence-electron chi connectivity index (χ0n) is 16.9. The molecule has 0 saturated heterocycles. The Kier molecular flexibility index (Phi) is 5.15. The van der Waals surface area contributed by atoms with Crippen LogP contribution in [-0.2, 0) is 0 Å². The summed E-state index contributed by atoms with van der Waals surface area (Å²) in [5.74, 6) is -1.58. The van der Waals surface area contributed by atoms with Gasteiger partial charge in [0.15, 0.2) is 17.3 Å². The van der Waals surface area contributed by atoms with Crippen molar-refractivity contribution < 1.29 is 24.1 Å². The van der Waals surface area contributed by atoms with E-state index in [0.717, 1.165) is 5.39 Å². The number of thiazole rings is 1. The molecule has 0 amide bonds. The molecule has 164 valence electrons. The zero-order valence-corrected chi connectivity index (χ0v) is 17.7. The number of aromatic hydroxyl groups is 3. The van der Waals surface area contributed by atoms with Gasteiger partial charge in [-0.3, -0.25) is 0 Å². The lowest BCUT2D eigenvalue weighted by Crippen LogP contribution is -2.11. The van der Waals surface area contributed by atoms with Crippen LogP contribution in [0.15, 0.2) is 86.6 Å². The van der Waals surface area contributed by atoms with Crippen molar-refractivity contribution in [2.45, 2.75) is 0 Å². The van der Waals surface area contributed by atoms with Crippen LogP contribution in [-0.4, -0.2) is 26.2 Å². The largest absolute Gasteiger partial charge is 0.504 e. The monoisotopic (exact) mass is 461 g/mol. The Morgan fingerprint density at radius 2 is 1.73 bits per heavy atom. The summed E-state index contributed by atoms with van der Waals surface area (Å²) < 4.78 is 21.6. The molecule has 0 unspecified atom stereocenters. The molecule has 3 aromatic carbocycles. The van der Waals surface area contributed by atoms with E-state index in [1.54, 1.807) is 23.6 Å². The molecule has 33 heavy (non-hydrogen) atoms. The highest BCUT2D eigenvalue weighted by molar-refractivity contribution is 7.07. The van der Waals surface area contributed by atoms with Gasteiger partial charge in [0.2, 0.25) is 10.6 Å². The lowest BCUT2D eigenvalue weighted by Gasteiger charge is -2.04. The molecule has 0 spiro atoms. The third-order valence-electron chi connectivity index (χ3n) is 4.91. The van der Waals surface area contributed by atoms with E-state index in [1.807, 2.05) is 30.3 Å². The molecule has 3 N–H and O–H groups in total. The number of nitrogens with zero attached hydrogens (tertiary/aromatic N) is 3. The average Bonchev–Trinajstić information content (AvgIpc) is 3.42. The molecule has 0 radical (unpaired) electrons. The molecule has 0 aliphatic carbocycles. The molecule has 0 atom stereocenters. The van der Waals surface area contributed by atoms with E-state index in [2.05, 4.69) is 10.1 Å². The first-order valence-corrected chi connectivity index (χ1v) is 10.7. The summed E-state index contributed by atoms with van der Waals surface area (Å²) in [7, 11) is 0. The van der Waals surface area contributed by atoms with Crippen LogP contribution in [0.3, 0.4) is 0 Å². The minimum atomic E-state index is -0.650. The summed E-state index contributed by atoms with van der Waals surface area (Å²) in [4.78, 5) is 4.76. The second-order valence-electron chi connectivity index (χ2n) is 7.04. The van der Waals surface area contributed by atoms with Crippen LogP contribution < -0.4 is 4.80 Å². The molecule has 0 aliphatic rings. The van der Waals surface area contributed by atoms with Gasteiger partial charge in [-0.1, -0.05) is 30.3 Å². The number of benzene rings is 3. The summed E-state index contributed by atoms with van der Waals surface area (Å²) in [5.41, 5.74) is 1.56. The van der Waals surface area contributed by atoms with Crippen LogP contribution in [0.1, 0.15) is 5.56 Å². The highest BCUT2D eigenvalue weighted by atomic mass is 32.1. The molecule has 9 heteroatoms. The molecule has 2 heterocycles. The smallest absolute Gasteiger partial charge is 0.211 e.